The van der Waals surface area contributed by atoms with Gasteiger partial charge in [-0.3, -0.25) is 4.79 Å². The zero-order valence-corrected chi connectivity index (χ0v) is 12.1. The summed E-state index contributed by atoms with van der Waals surface area (Å²) in [6.07, 6.45) is 5.16. The first-order chi connectivity index (χ1) is 9.13. The number of likely N-dealkylation sites (tertiary alicyclic amines) is 1. The monoisotopic (exact) mass is 261 g/mol. The van der Waals surface area contributed by atoms with E-state index in [9.17, 15) is 4.79 Å². The lowest BCUT2D eigenvalue weighted by atomic mass is 10.1. The molecule has 19 heavy (non-hydrogen) atoms. The minimum absolute atomic E-state index is 0.141. The van der Waals surface area contributed by atoms with E-state index < -0.39 is 0 Å². The Morgan fingerprint density at radius 1 is 1.05 bits per heavy atom. The van der Waals surface area contributed by atoms with E-state index in [0.29, 0.717) is 6.54 Å². The number of quaternary nitrogens is 1. The van der Waals surface area contributed by atoms with Crippen molar-refractivity contribution in [3.63, 3.8) is 0 Å². The first kappa shape index (κ1) is 14.1. The summed E-state index contributed by atoms with van der Waals surface area (Å²) in [4.78, 5) is 13.5. The molecule has 1 heterocycles. The SMILES string of the molecule is Cc1cc(C)cc(NC(=O)C[NH+]2CCCCCC2)c1. The van der Waals surface area contributed by atoms with Crippen molar-refractivity contribution >= 4 is 11.6 Å². The van der Waals surface area contributed by atoms with Gasteiger partial charge in [0.1, 0.15) is 0 Å². The number of benzene rings is 1. The fraction of sp³-hybridized carbons (Fsp3) is 0.562. The van der Waals surface area contributed by atoms with Crippen LogP contribution in [-0.2, 0) is 4.79 Å². The van der Waals surface area contributed by atoms with Gasteiger partial charge in [0.25, 0.3) is 5.91 Å². The number of amides is 1. The lowest BCUT2D eigenvalue weighted by Crippen LogP contribution is -3.12. The summed E-state index contributed by atoms with van der Waals surface area (Å²) in [5, 5.41) is 3.03. The second-order valence-corrected chi connectivity index (χ2v) is 5.77. The largest absolute Gasteiger partial charge is 0.327 e. The summed E-state index contributed by atoms with van der Waals surface area (Å²) < 4.78 is 0. The van der Waals surface area contributed by atoms with Crippen molar-refractivity contribution in [1.82, 2.24) is 0 Å². The molecule has 0 saturated carbocycles. The third-order valence-corrected chi connectivity index (χ3v) is 3.73. The summed E-state index contributed by atoms with van der Waals surface area (Å²) in [5.41, 5.74) is 3.31. The van der Waals surface area contributed by atoms with Crippen LogP contribution in [0.15, 0.2) is 18.2 Å². The molecule has 0 radical (unpaired) electrons. The highest BCUT2D eigenvalue weighted by atomic mass is 16.2. The molecular weight excluding hydrogens is 236 g/mol. The van der Waals surface area contributed by atoms with Gasteiger partial charge in [-0.15, -0.1) is 0 Å². The number of rotatable bonds is 3. The predicted octanol–water partition coefficient (Wildman–Crippen LogP) is 1.70. The number of hydrogen-bond acceptors (Lipinski definition) is 1. The molecule has 1 fully saturated rings. The van der Waals surface area contributed by atoms with Crippen LogP contribution in [0.3, 0.4) is 0 Å². The fourth-order valence-electron chi connectivity index (χ4n) is 2.88. The maximum atomic E-state index is 12.1. The van der Waals surface area contributed by atoms with Gasteiger partial charge in [-0.2, -0.15) is 0 Å². The van der Waals surface area contributed by atoms with Crippen molar-refractivity contribution in [2.75, 3.05) is 25.0 Å². The molecule has 0 aromatic heterocycles. The summed E-state index contributed by atoms with van der Waals surface area (Å²) >= 11 is 0. The average Bonchev–Trinajstić information content (AvgIpc) is 2.55. The summed E-state index contributed by atoms with van der Waals surface area (Å²) in [5.74, 6) is 0.141. The Hall–Kier alpha value is -1.35. The molecule has 0 bridgehead atoms. The second kappa shape index (κ2) is 6.71. The number of carbonyl (C=O) groups is 1. The molecule has 1 aromatic rings. The molecule has 0 aliphatic carbocycles. The lowest BCUT2D eigenvalue weighted by molar-refractivity contribution is -0.890. The first-order valence-electron chi connectivity index (χ1n) is 7.35. The van der Waals surface area contributed by atoms with E-state index in [2.05, 4.69) is 25.2 Å². The second-order valence-electron chi connectivity index (χ2n) is 5.77. The lowest BCUT2D eigenvalue weighted by Gasteiger charge is -2.16. The number of hydrogen-bond donors (Lipinski definition) is 2. The Morgan fingerprint density at radius 2 is 1.63 bits per heavy atom. The molecule has 1 aliphatic rings. The maximum Gasteiger partial charge on any atom is 0.279 e. The predicted molar refractivity (Wildman–Crippen MR) is 78.6 cm³/mol. The van der Waals surface area contributed by atoms with Crippen LogP contribution in [0.1, 0.15) is 36.8 Å². The van der Waals surface area contributed by atoms with E-state index in [1.807, 2.05) is 12.1 Å². The van der Waals surface area contributed by atoms with Gasteiger partial charge in [-0.05, 0) is 62.8 Å². The highest BCUT2D eigenvalue weighted by molar-refractivity contribution is 5.91. The number of carbonyl (C=O) groups excluding carboxylic acids is 1. The zero-order valence-electron chi connectivity index (χ0n) is 12.1. The highest BCUT2D eigenvalue weighted by Gasteiger charge is 2.16. The summed E-state index contributed by atoms with van der Waals surface area (Å²) in [6.45, 7) is 7.00. The van der Waals surface area contributed by atoms with Crippen LogP contribution in [-0.4, -0.2) is 25.5 Å². The molecule has 1 aromatic carbocycles. The van der Waals surface area contributed by atoms with Crippen LogP contribution < -0.4 is 10.2 Å². The number of anilines is 1. The van der Waals surface area contributed by atoms with Crippen LogP contribution in [0, 0.1) is 13.8 Å². The molecular formula is C16H25N2O+. The fourth-order valence-corrected chi connectivity index (χ4v) is 2.88. The molecule has 2 rings (SSSR count). The van der Waals surface area contributed by atoms with Gasteiger partial charge in [-0.25, -0.2) is 0 Å². The van der Waals surface area contributed by atoms with Gasteiger partial charge in [0.15, 0.2) is 6.54 Å². The van der Waals surface area contributed by atoms with E-state index in [-0.39, 0.29) is 5.91 Å². The van der Waals surface area contributed by atoms with E-state index in [0.717, 1.165) is 18.8 Å². The van der Waals surface area contributed by atoms with Gasteiger partial charge in [0, 0.05) is 5.69 Å². The van der Waals surface area contributed by atoms with Crippen molar-refractivity contribution < 1.29 is 9.69 Å². The van der Waals surface area contributed by atoms with Gasteiger partial charge < -0.3 is 10.2 Å². The van der Waals surface area contributed by atoms with E-state index >= 15 is 0 Å². The smallest absolute Gasteiger partial charge is 0.279 e. The molecule has 1 saturated heterocycles. The highest BCUT2D eigenvalue weighted by Crippen LogP contribution is 2.13. The quantitative estimate of drug-likeness (QED) is 0.853. The minimum atomic E-state index is 0.141. The summed E-state index contributed by atoms with van der Waals surface area (Å²) in [7, 11) is 0. The summed E-state index contributed by atoms with van der Waals surface area (Å²) in [6, 6.07) is 6.18. The standard InChI is InChI=1S/C16H24N2O/c1-13-9-14(2)11-15(10-13)17-16(19)12-18-7-5-3-4-6-8-18/h9-11H,3-8,12H2,1-2H3,(H,17,19)/p+1. The van der Waals surface area contributed by atoms with Gasteiger partial charge in [0.05, 0.1) is 13.1 Å². The first-order valence-corrected chi connectivity index (χ1v) is 7.35. The van der Waals surface area contributed by atoms with E-state index in [1.165, 1.54) is 41.7 Å². The third kappa shape index (κ3) is 4.67. The van der Waals surface area contributed by atoms with Crippen molar-refractivity contribution in [2.24, 2.45) is 0 Å². The van der Waals surface area contributed by atoms with Crippen molar-refractivity contribution in [3.05, 3.63) is 29.3 Å². The van der Waals surface area contributed by atoms with E-state index in [4.69, 9.17) is 0 Å². The van der Waals surface area contributed by atoms with Crippen molar-refractivity contribution in [1.29, 1.82) is 0 Å². The third-order valence-electron chi connectivity index (χ3n) is 3.73. The molecule has 1 aliphatic heterocycles. The molecule has 1 amide bonds. The number of nitrogens with one attached hydrogen (secondary N) is 2. The Kier molecular flexibility index (Phi) is 4.97. The van der Waals surface area contributed by atoms with Crippen LogP contribution in [0.2, 0.25) is 0 Å². The van der Waals surface area contributed by atoms with Crippen LogP contribution in [0.4, 0.5) is 5.69 Å². The van der Waals surface area contributed by atoms with Crippen molar-refractivity contribution in [2.45, 2.75) is 39.5 Å². The normalized spacial score (nSPS) is 16.9. The van der Waals surface area contributed by atoms with Crippen LogP contribution in [0.25, 0.3) is 0 Å². The molecule has 0 unspecified atom stereocenters. The number of aryl methyl sites for hydroxylation is 2. The average molecular weight is 261 g/mol. The zero-order chi connectivity index (χ0) is 13.7. The molecule has 3 nitrogen and oxygen atoms in total. The van der Waals surface area contributed by atoms with Crippen LogP contribution in [0.5, 0.6) is 0 Å². The Morgan fingerprint density at radius 3 is 2.21 bits per heavy atom. The minimum Gasteiger partial charge on any atom is -0.327 e. The van der Waals surface area contributed by atoms with E-state index in [1.54, 1.807) is 0 Å². The molecule has 0 spiro atoms. The van der Waals surface area contributed by atoms with Gasteiger partial charge >= 0.3 is 0 Å². The Bertz CT molecular complexity index is 414. The molecule has 2 N–H and O–H groups in total. The molecule has 104 valence electrons. The van der Waals surface area contributed by atoms with Crippen molar-refractivity contribution in [3.8, 4) is 0 Å². The molecule has 3 heteroatoms. The Labute approximate surface area is 116 Å². The topological polar surface area (TPSA) is 33.5 Å². The van der Waals surface area contributed by atoms with Crippen LogP contribution >= 0.6 is 0 Å². The Balaban J connectivity index is 1.89. The van der Waals surface area contributed by atoms with Gasteiger partial charge in [-0.1, -0.05) is 6.07 Å². The maximum absolute atomic E-state index is 12.1. The van der Waals surface area contributed by atoms with Gasteiger partial charge in [0.2, 0.25) is 0 Å². The molecule has 0 atom stereocenters.